The molecule has 1 fully saturated rings. The van der Waals surface area contributed by atoms with Crippen LogP contribution >= 0.6 is 0 Å². The lowest BCUT2D eigenvalue weighted by Gasteiger charge is -2.34. The van der Waals surface area contributed by atoms with Crippen molar-refractivity contribution in [2.24, 2.45) is 5.92 Å². The van der Waals surface area contributed by atoms with Crippen LogP contribution in [0, 0.1) is 5.92 Å². The van der Waals surface area contributed by atoms with Crippen LogP contribution in [0.4, 0.5) is 0 Å². The fourth-order valence-corrected chi connectivity index (χ4v) is 6.27. The first-order valence-electron chi connectivity index (χ1n) is 21.5. The molecule has 0 atom stereocenters. The standard InChI is InChI=1S/C42H77N3O10/c1-37(2)39(47)36-55-33-30-52-28-19-20-38(46)35-54-32-31-53-29-23-43-40(48)34-44-24-26-45(27-25-44)41(49)21-17-15-13-11-9-7-5-3-4-6-8-10-12-14-16-18-22-42(50)51/h37H,3-36H2,1-2H3,(H,43,48)(H,50,51). The number of piperazine rings is 1. The van der Waals surface area contributed by atoms with Gasteiger partial charge in [0.15, 0.2) is 11.6 Å². The summed E-state index contributed by atoms with van der Waals surface area (Å²) in [5.41, 5.74) is 0. The molecule has 0 unspecified atom stereocenters. The van der Waals surface area contributed by atoms with Gasteiger partial charge in [0.05, 0.1) is 39.6 Å². The molecule has 0 aromatic rings. The highest BCUT2D eigenvalue weighted by atomic mass is 16.5. The van der Waals surface area contributed by atoms with Gasteiger partial charge in [-0.25, -0.2) is 0 Å². The monoisotopic (exact) mass is 784 g/mol. The van der Waals surface area contributed by atoms with Crippen LogP contribution in [-0.4, -0.2) is 136 Å². The fourth-order valence-electron chi connectivity index (χ4n) is 6.27. The van der Waals surface area contributed by atoms with Crippen molar-refractivity contribution in [3.8, 4) is 0 Å². The third-order valence-electron chi connectivity index (χ3n) is 9.83. The Labute approximate surface area is 332 Å². The van der Waals surface area contributed by atoms with E-state index in [0.29, 0.717) is 105 Å². The van der Waals surface area contributed by atoms with Crippen LogP contribution in [-0.2, 0) is 42.9 Å². The lowest BCUT2D eigenvalue weighted by Crippen LogP contribution is -2.51. The first-order valence-corrected chi connectivity index (χ1v) is 21.5. The number of carbonyl (C=O) groups excluding carboxylic acids is 4. The minimum atomic E-state index is -0.683. The molecule has 0 bridgehead atoms. The van der Waals surface area contributed by atoms with E-state index >= 15 is 0 Å². The molecule has 13 heteroatoms. The van der Waals surface area contributed by atoms with E-state index in [4.69, 9.17) is 24.1 Å². The zero-order valence-corrected chi connectivity index (χ0v) is 34.6. The molecule has 1 aliphatic heterocycles. The summed E-state index contributed by atoms with van der Waals surface area (Å²) in [7, 11) is 0. The maximum absolute atomic E-state index is 12.7. The molecule has 0 aliphatic carbocycles. The molecule has 2 amide bonds. The zero-order chi connectivity index (χ0) is 40.2. The Morgan fingerprint density at radius 1 is 0.545 bits per heavy atom. The van der Waals surface area contributed by atoms with Gasteiger partial charge >= 0.3 is 5.97 Å². The number of hydrogen-bond acceptors (Lipinski definition) is 10. The zero-order valence-electron chi connectivity index (χ0n) is 34.6. The molecule has 0 aromatic heterocycles. The normalized spacial score (nSPS) is 13.4. The molecule has 0 aromatic carbocycles. The first kappa shape index (κ1) is 50.6. The highest BCUT2D eigenvalue weighted by Gasteiger charge is 2.22. The molecule has 13 nitrogen and oxygen atoms in total. The van der Waals surface area contributed by atoms with Crippen molar-refractivity contribution in [3.63, 3.8) is 0 Å². The molecule has 1 aliphatic rings. The minimum Gasteiger partial charge on any atom is -0.481 e. The van der Waals surface area contributed by atoms with Gasteiger partial charge in [-0.1, -0.05) is 104 Å². The number of ketones is 2. The topological polar surface area (TPSA) is 161 Å². The second-order valence-electron chi connectivity index (χ2n) is 15.2. The van der Waals surface area contributed by atoms with Gasteiger partial charge in [-0.05, 0) is 19.3 Å². The number of amides is 2. The molecule has 1 heterocycles. The maximum atomic E-state index is 12.7. The van der Waals surface area contributed by atoms with Crippen LogP contribution < -0.4 is 5.32 Å². The molecule has 0 saturated carbocycles. The van der Waals surface area contributed by atoms with Gasteiger partial charge in [-0.2, -0.15) is 0 Å². The average Bonchev–Trinajstić information content (AvgIpc) is 3.16. The third kappa shape index (κ3) is 32.3. The molecular weight excluding hydrogens is 706 g/mol. The molecule has 0 radical (unpaired) electrons. The number of carboxylic acids is 1. The number of Topliss-reactive ketones (excluding diaryl/α,β-unsaturated/α-hetero) is 2. The van der Waals surface area contributed by atoms with Gasteiger partial charge < -0.3 is 34.3 Å². The average molecular weight is 784 g/mol. The minimum absolute atomic E-state index is 0.00246. The lowest BCUT2D eigenvalue weighted by atomic mass is 10.0. The number of nitrogens with zero attached hydrogens (tertiary/aromatic N) is 2. The van der Waals surface area contributed by atoms with Gasteiger partial charge in [0.2, 0.25) is 11.8 Å². The summed E-state index contributed by atoms with van der Waals surface area (Å²) in [6.07, 6.45) is 21.1. The summed E-state index contributed by atoms with van der Waals surface area (Å²) < 4.78 is 21.6. The van der Waals surface area contributed by atoms with Crippen molar-refractivity contribution in [1.29, 1.82) is 0 Å². The van der Waals surface area contributed by atoms with Crippen molar-refractivity contribution in [2.75, 3.05) is 92.1 Å². The first-order chi connectivity index (χ1) is 26.7. The number of rotatable bonds is 39. The van der Waals surface area contributed by atoms with Gasteiger partial charge in [-0.15, -0.1) is 0 Å². The highest BCUT2D eigenvalue weighted by molar-refractivity contribution is 5.81. The predicted octanol–water partition coefficient (Wildman–Crippen LogP) is 5.99. The lowest BCUT2D eigenvalue weighted by molar-refractivity contribution is -0.137. The van der Waals surface area contributed by atoms with Gasteiger partial charge in [0.1, 0.15) is 13.2 Å². The maximum Gasteiger partial charge on any atom is 0.303 e. The molecule has 1 saturated heterocycles. The Kier molecular flexibility index (Phi) is 33.0. The summed E-state index contributed by atoms with van der Waals surface area (Å²) in [6.45, 7) is 9.45. The second-order valence-corrected chi connectivity index (χ2v) is 15.2. The van der Waals surface area contributed by atoms with Crippen LogP contribution in [0.5, 0.6) is 0 Å². The quantitative estimate of drug-likeness (QED) is 0.0705. The van der Waals surface area contributed by atoms with Gasteiger partial charge in [-0.3, -0.25) is 28.9 Å². The van der Waals surface area contributed by atoms with E-state index in [2.05, 4.69) is 10.2 Å². The van der Waals surface area contributed by atoms with E-state index in [0.717, 1.165) is 32.1 Å². The largest absolute Gasteiger partial charge is 0.481 e. The van der Waals surface area contributed by atoms with Crippen LogP contribution in [0.15, 0.2) is 0 Å². The summed E-state index contributed by atoms with van der Waals surface area (Å²) in [5, 5.41) is 11.5. The Hall–Kier alpha value is -2.45. The smallest absolute Gasteiger partial charge is 0.303 e. The summed E-state index contributed by atoms with van der Waals surface area (Å²) in [4.78, 5) is 63.0. The number of hydrogen-bond donors (Lipinski definition) is 2. The Bertz CT molecular complexity index is 1000. The molecule has 0 spiro atoms. The molecule has 320 valence electrons. The molecule has 1 rings (SSSR count). The van der Waals surface area contributed by atoms with Crippen molar-refractivity contribution < 1.29 is 48.0 Å². The number of carboxylic acid groups (broad SMARTS) is 1. The van der Waals surface area contributed by atoms with E-state index in [-0.39, 0.29) is 42.5 Å². The van der Waals surface area contributed by atoms with Crippen molar-refractivity contribution in [1.82, 2.24) is 15.1 Å². The highest BCUT2D eigenvalue weighted by Crippen LogP contribution is 2.15. The van der Waals surface area contributed by atoms with Crippen molar-refractivity contribution in [2.45, 2.75) is 142 Å². The Morgan fingerprint density at radius 2 is 1.02 bits per heavy atom. The van der Waals surface area contributed by atoms with Crippen LogP contribution in [0.25, 0.3) is 0 Å². The molecule has 2 N–H and O–H groups in total. The second kappa shape index (κ2) is 35.9. The molecule has 55 heavy (non-hydrogen) atoms. The van der Waals surface area contributed by atoms with E-state index in [1.165, 1.54) is 70.6 Å². The summed E-state index contributed by atoms with van der Waals surface area (Å²) >= 11 is 0. The Balaban J connectivity index is 1.85. The van der Waals surface area contributed by atoms with Crippen LogP contribution in [0.2, 0.25) is 0 Å². The number of ether oxygens (including phenoxy) is 4. The van der Waals surface area contributed by atoms with Crippen molar-refractivity contribution >= 4 is 29.4 Å². The van der Waals surface area contributed by atoms with Crippen molar-refractivity contribution in [3.05, 3.63) is 0 Å². The van der Waals surface area contributed by atoms with E-state index in [1.54, 1.807) is 0 Å². The van der Waals surface area contributed by atoms with E-state index < -0.39 is 5.97 Å². The van der Waals surface area contributed by atoms with Gasteiger partial charge in [0, 0.05) is 64.5 Å². The fraction of sp³-hybridized carbons (Fsp3) is 0.881. The van der Waals surface area contributed by atoms with E-state index in [9.17, 15) is 24.0 Å². The summed E-state index contributed by atoms with van der Waals surface area (Å²) in [5.74, 6) is -0.472. The van der Waals surface area contributed by atoms with E-state index in [1.807, 2.05) is 18.7 Å². The van der Waals surface area contributed by atoms with Crippen LogP contribution in [0.3, 0.4) is 0 Å². The summed E-state index contributed by atoms with van der Waals surface area (Å²) in [6, 6.07) is 0. The number of carbonyl (C=O) groups is 5. The third-order valence-corrected chi connectivity index (χ3v) is 9.83. The Morgan fingerprint density at radius 3 is 1.55 bits per heavy atom. The molecular formula is C42H77N3O10. The van der Waals surface area contributed by atoms with Crippen LogP contribution in [0.1, 0.15) is 142 Å². The van der Waals surface area contributed by atoms with Gasteiger partial charge in [0.25, 0.3) is 0 Å². The predicted molar refractivity (Wildman–Crippen MR) is 214 cm³/mol. The SMILES string of the molecule is CC(C)C(=O)COCCOCCCC(=O)COCCOCCNC(=O)CN1CCN(C(=O)CCCCCCCCCCCCCCCCCCC(=O)O)CC1. The number of aliphatic carboxylic acids is 1. The number of unbranched alkanes of at least 4 members (excludes halogenated alkanes) is 15. The number of nitrogens with one attached hydrogen (secondary N) is 1.